The van der Waals surface area contributed by atoms with E-state index in [2.05, 4.69) is 66.5 Å². The summed E-state index contributed by atoms with van der Waals surface area (Å²) in [6.45, 7) is 6.22. The molecule has 0 aliphatic carbocycles. The number of hydrogen-bond acceptors (Lipinski definition) is 6. The molecule has 7 heteroatoms. The summed E-state index contributed by atoms with van der Waals surface area (Å²) in [4.78, 5) is 16.1. The average molecular weight is 497 g/mol. The van der Waals surface area contributed by atoms with Gasteiger partial charge in [-0.1, -0.05) is 60.7 Å². The molecule has 1 N–H and O–H groups in total. The van der Waals surface area contributed by atoms with E-state index in [0.717, 1.165) is 47.7 Å². The fourth-order valence-electron chi connectivity index (χ4n) is 5.07. The first kappa shape index (κ1) is 22.7. The molecule has 0 aromatic heterocycles. The van der Waals surface area contributed by atoms with Crippen molar-refractivity contribution < 1.29 is 9.53 Å². The molecule has 3 aliphatic heterocycles. The molecule has 1 fully saturated rings. The number of ether oxygens (including phenoxy) is 1. The van der Waals surface area contributed by atoms with Gasteiger partial charge in [0.2, 0.25) is 0 Å². The molecular weight excluding hydrogens is 468 g/mol. The molecule has 0 saturated carbocycles. The summed E-state index contributed by atoms with van der Waals surface area (Å²) < 4.78 is 6.50. The van der Waals surface area contributed by atoms with Crippen LogP contribution < -0.4 is 15.0 Å². The third kappa shape index (κ3) is 3.84. The number of fused-ring (bicyclic) bond motifs is 4. The number of carbonyl (C=O) groups is 1. The monoisotopic (exact) mass is 496 g/mol. The molecule has 0 bridgehead atoms. The van der Waals surface area contributed by atoms with Crippen LogP contribution in [0.5, 0.6) is 5.75 Å². The van der Waals surface area contributed by atoms with E-state index < -0.39 is 5.18 Å². The lowest BCUT2D eigenvalue weighted by Gasteiger charge is -2.43. The predicted molar refractivity (Wildman–Crippen MR) is 146 cm³/mol. The number of hydrogen-bond donors (Lipinski definition) is 1. The minimum Gasteiger partial charge on any atom is -0.439 e. The number of nitrogens with one attached hydrogen (secondary N) is 1. The summed E-state index contributed by atoms with van der Waals surface area (Å²) in [5, 5.41) is 8.92. The van der Waals surface area contributed by atoms with Gasteiger partial charge in [-0.2, -0.15) is 5.10 Å². The Labute approximate surface area is 215 Å². The van der Waals surface area contributed by atoms with E-state index in [0.29, 0.717) is 4.91 Å². The van der Waals surface area contributed by atoms with Gasteiger partial charge in [0.1, 0.15) is 5.75 Å². The van der Waals surface area contributed by atoms with E-state index >= 15 is 0 Å². The molecule has 0 radical (unpaired) electrons. The van der Waals surface area contributed by atoms with Crippen LogP contribution in [0.15, 0.2) is 88.9 Å². The molecule has 36 heavy (non-hydrogen) atoms. The van der Waals surface area contributed by atoms with Crippen LogP contribution in [-0.2, 0) is 4.79 Å². The molecule has 1 amide bonds. The van der Waals surface area contributed by atoms with Crippen molar-refractivity contribution in [2.75, 3.05) is 18.0 Å². The van der Waals surface area contributed by atoms with Gasteiger partial charge in [-0.15, -0.1) is 0 Å². The van der Waals surface area contributed by atoms with Gasteiger partial charge in [0.25, 0.3) is 5.91 Å². The third-order valence-electron chi connectivity index (χ3n) is 6.91. The van der Waals surface area contributed by atoms with Crippen molar-refractivity contribution in [2.45, 2.75) is 31.5 Å². The normalized spacial score (nSPS) is 23.2. The maximum Gasteiger partial charge on any atom is 0.336 e. The highest BCUT2D eigenvalue weighted by atomic mass is 32.2. The van der Waals surface area contributed by atoms with Gasteiger partial charge in [0.05, 0.1) is 16.7 Å². The van der Waals surface area contributed by atoms with Gasteiger partial charge in [-0.05, 0) is 61.0 Å². The number of benzene rings is 3. The Morgan fingerprint density at radius 1 is 1.06 bits per heavy atom. The van der Waals surface area contributed by atoms with Gasteiger partial charge in [-0.25, -0.2) is 5.01 Å². The summed E-state index contributed by atoms with van der Waals surface area (Å²) in [6, 6.07) is 26.5. The SMILES string of the molecule is CCN(CC)c1ccc(/C=C2\S[C@]3(NC2=O)Oc2ccccc2[C@@H]2CC(c4ccccc4)=NN23)cc1. The van der Waals surface area contributed by atoms with E-state index in [1.54, 1.807) is 0 Å². The zero-order chi connectivity index (χ0) is 24.7. The minimum absolute atomic E-state index is 0.0225. The van der Waals surface area contributed by atoms with E-state index in [1.807, 2.05) is 47.5 Å². The number of para-hydroxylation sites is 1. The standard InChI is InChI=1S/C29H28N4O2S/c1-3-32(4-2)22-16-14-20(15-17-22)18-27-28(34)30-29(36-27)33-25(23-12-8-9-13-26(23)35-29)19-24(31-33)21-10-6-5-7-11-21/h5-18,25H,3-4,19H2,1-2H3,(H,30,34)/b27-18-/t25-,29-/m0/s1. The summed E-state index contributed by atoms with van der Waals surface area (Å²) in [6.07, 6.45) is 2.67. The van der Waals surface area contributed by atoms with E-state index in [-0.39, 0.29) is 11.9 Å². The molecule has 6 nitrogen and oxygen atoms in total. The molecule has 3 aromatic rings. The van der Waals surface area contributed by atoms with Crippen molar-refractivity contribution in [3.05, 3.63) is 100 Å². The Balaban J connectivity index is 1.34. The summed E-state index contributed by atoms with van der Waals surface area (Å²) >= 11 is 1.38. The Bertz CT molecular complexity index is 1350. The van der Waals surface area contributed by atoms with Crippen LogP contribution in [0.3, 0.4) is 0 Å². The Hall–Kier alpha value is -3.71. The lowest BCUT2D eigenvalue weighted by Crippen LogP contribution is -2.58. The van der Waals surface area contributed by atoms with E-state index in [1.165, 1.54) is 17.4 Å². The topological polar surface area (TPSA) is 57.2 Å². The predicted octanol–water partition coefficient (Wildman–Crippen LogP) is 5.59. The van der Waals surface area contributed by atoms with E-state index in [9.17, 15) is 4.79 Å². The molecule has 3 heterocycles. The quantitative estimate of drug-likeness (QED) is 0.467. The van der Waals surface area contributed by atoms with Crippen LogP contribution in [0.2, 0.25) is 0 Å². The Morgan fingerprint density at radius 2 is 1.78 bits per heavy atom. The molecule has 1 spiro atoms. The van der Waals surface area contributed by atoms with Crippen molar-refractivity contribution in [1.29, 1.82) is 0 Å². The van der Waals surface area contributed by atoms with Crippen LogP contribution in [0.25, 0.3) is 6.08 Å². The zero-order valence-electron chi connectivity index (χ0n) is 20.3. The second-order valence-electron chi connectivity index (χ2n) is 9.03. The molecule has 2 atom stereocenters. The molecular formula is C29H28N4O2S. The number of nitrogens with zero attached hydrogens (tertiary/aromatic N) is 3. The van der Waals surface area contributed by atoms with Gasteiger partial charge in [0, 0.05) is 30.8 Å². The Morgan fingerprint density at radius 3 is 2.53 bits per heavy atom. The highest BCUT2D eigenvalue weighted by Crippen LogP contribution is 2.53. The van der Waals surface area contributed by atoms with Crippen molar-refractivity contribution >= 4 is 35.1 Å². The van der Waals surface area contributed by atoms with Gasteiger partial charge in [-0.3, -0.25) is 10.1 Å². The lowest BCUT2D eigenvalue weighted by molar-refractivity contribution is -0.127. The van der Waals surface area contributed by atoms with Crippen LogP contribution >= 0.6 is 11.8 Å². The van der Waals surface area contributed by atoms with Crippen molar-refractivity contribution in [3.8, 4) is 5.75 Å². The van der Waals surface area contributed by atoms with Gasteiger partial charge in [0.15, 0.2) is 0 Å². The number of rotatable bonds is 5. The second-order valence-corrected chi connectivity index (χ2v) is 10.2. The highest BCUT2D eigenvalue weighted by molar-refractivity contribution is 8.05. The smallest absolute Gasteiger partial charge is 0.336 e. The average Bonchev–Trinajstić information content (AvgIpc) is 3.49. The number of amides is 1. The summed E-state index contributed by atoms with van der Waals surface area (Å²) in [5.41, 5.74) is 5.30. The fourth-order valence-corrected chi connectivity index (χ4v) is 6.24. The molecule has 182 valence electrons. The maximum absolute atomic E-state index is 13.2. The number of carbonyl (C=O) groups excluding carboxylic acids is 1. The largest absolute Gasteiger partial charge is 0.439 e. The fraction of sp³-hybridized carbons (Fsp3) is 0.241. The van der Waals surface area contributed by atoms with Crippen molar-refractivity contribution in [3.63, 3.8) is 0 Å². The number of anilines is 1. The van der Waals surface area contributed by atoms with Crippen LogP contribution in [-0.4, -0.2) is 34.9 Å². The van der Waals surface area contributed by atoms with Crippen LogP contribution in [0.1, 0.15) is 43.0 Å². The second kappa shape index (κ2) is 9.06. The minimum atomic E-state index is -1.13. The van der Waals surface area contributed by atoms with E-state index in [4.69, 9.17) is 9.84 Å². The number of thioether (sulfide) groups is 1. The van der Waals surface area contributed by atoms with Crippen LogP contribution in [0.4, 0.5) is 5.69 Å². The van der Waals surface area contributed by atoms with Gasteiger partial charge >= 0.3 is 5.18 Å². The first-order valence-corrected chi connectivity index (χ1v) is 13.2. The van der Waals surface area contributed by atoms with Gasteiger partial charge < -0.3 is 9.64 Å². The molecule has 1 saturated heterocycles. The molecule has 3 aromatic carbocycles. The molecule has 6 rings (SSSR count). The molecule has 3 aliphatic rings. The lowest BCUT2D eigenvalue weighted by atomic mass is 9.97. The molecule has 0 unspecified atom stereocenters. The van der Waals surface area contributed by atoms with Crippen molar-refractivity contribution in [2.24, 2.45) is 5.10 Å². The summed E-state index contributed by atoms with van der Waals surface area (Å²) in [7, 11) is 0. The van der Waals surface area contributed by atoms with Crippen LogP contribution in [0, 0.1) is 0 Å². The summed E-state index contributed by atoms with van der Waals surface area (Å²) in [5.74, 6) is 0.621. The first-order valence-electron chi connectivity index (χ1n) is 12.4. The number of hydrazone groups is 1. The first-order chi connectivity index (χ1) is 17.6. The van der Waals surface area contributed by atoms with Crippen molar-refractivity contribution in [1.82, 2.24) is 10.3 Å². The highest BCUT2D eigenvalue weighted by Gasteiger charge is 2.57. The Kier molecular flexibility index (Phi) is 5.72. The maximum atomic E-state index is 13.2. The zero-order valence-corrected chi connectivity index (χ0v) is 21.2. The third-order valence-corrected chi connectivity index (χ3v) is 8.08.